The molecule has 0 saturated carbocycles. The maximum atomic E-state index is 10.9. The summed E-state index contributed by atoms with van der Waals surface area (Å²) >= 11 is 0. The predicted molar refractivity (Wildman–Crippen MR) is 55.7 cm³/mol. The van der Waals surface area contributed by atoms with Gasteiger partial charge in [0.15, 0.2) is 0 Å². The Labute approximate surface area is 86.7 Å². The van der Waals surface area contributed by atoms with Gasteiger partial charge >= 0.3 is 5.97 Å². The molecule has 3 heteroatoms. The highest BCUT2D eigenvalue weighted by Gasteiger charge is 2.01. The summed E-state index contributed by atoms with van der Waals surface area (Å²) in [6.45, 7) is 4.72. The molecule has 0 aliphatic rings. The van der Waals surface area contributed by atoms with Gasteiger partial charge in [0.25, 0.3) is 0 Å². The minimum Gasteiger partial charge on any atom is -0.298 e. The summed E-state index contributed by atoms with van der Waals surface area (Å²) in [4.78, 5) is 20.3. The number of hydrogen-bond donors (Lipinski definition) is 0. The maximum absolute atomic E-state index is 10.9. The zero-order valence-corrected chi connectivity index (χ0v) is 9.38. The molecule has 3 nitrogen and oxygen atoms in total. The fourth-order valence-corrected chi connectivity index (χ4v) is 1.06. The Morgan fingerprint density at radius 2 is 1.71 bits per heavy atom. The zero-order valence-electron chi connectivity index (χ0n) is 9.38. The van der Waals surface area contributed by atoms with Crippen LogP contribution >= 0.6 is 0 Å². The highest BCUT2D eigenvalue weighted by molar-refractivity contribution is 5.68. The first-order valence-electron chi connectivity index (χ1n) is 5.63. The van der Waals surface area contributed by atoms with Crippen LogP contribution in [0.4, 0.5) is 0 Å². The predicted octanol–water partition coefficient (Wildman–Crippen LogP) is 3.23. The largest absolute Gasteiger partial charge is 0.342 e. The average molecular weight is 202 g/mol. The number of hydrogen-bond acceptors (Lipinski definition) is 3. The van der Waals surface area contributed by atoms with Crippen LogP contribution in [-0.4, -0.2) is 12.6 Å². The molecular formula is C11H22O3. The molecule has 0 N–H and O–H groups in total. The molecule has 0 saturated heterocycles. The second-order valence-electron chi connectivity index (χ2n) is 3.44. The van der Waals surface area contributed by atoms with E-state index in [-0.39, 0.29) is 5.97 Å². The monoisotopic (exact) mass is 202 g/mol. The second kappa shape index (κ2) is 10.5. The lowest BCUT2D eigenvalue weighted by Crippen LogP contribution is -2.06. The molecule has 0 heterocycles. The van der Waals surface area contributed by atoms with E-state index in [9.17, 15) is 4.79 Å². The molecule has 0 fully saturated rings. The van der Waals surface area contributed by atoms with Crippen LogP contribution in [0.15, 0.2) is 0 Å². The Morgan fingerprint density at radius 1 is 1.00 bits per heavy atom. The van der Waals surface area contributed by atoms with Gasteiger partial charge in [-0.2, -0.15) is 4.89 Å². The van der Waals surface area contributed by atoms with E-state index < -0.39 is 0 Å². The Hall–Kier alpha value is -0.570. The van der Waals surface area contributed by atoms with E-state index in [1.807, 2.05) is 6.92 Å². The van der Waals surface area contributed by atoms with Crippen LogP contribution in [0.5, 0.6) is 0 Å². The number of rotatable bonds is 9. The van der Waals surface area contributed by atoms with Gasteiger partial charge in [-0.3, -0.25) is 4.89 Å². The number of unbranched alkanes of at least 4 members (excludes halogenated alkanes) is 4. The van der Waals surface area contributed by atoms with Gasteiger partial charge in [-0.25, -0.2) is 4.79 Å². The third kappa shape index (κ3) is 9.52. The van der Waals surface area contributed by atoms with Crippen LogP contribution in [-0.2, 0) is 14.6 Å². The zero-order chi connectivity index (χ0) is 10.6. The van der Waals surface area contributed by atoms with Gasteiger partial charge in [0, 0.05) is 6.42 Å². The van der Waals surface area contributed by atoms with Crippen molar-refractivity contribution in [1.29, 1.82) is 0 Å². The molecule has 0 rings (SSSR count). The van der Waals surface area contributed by atoms with Gasteiger partial charge in [0.2, 0.25) is 0 Å². The van der Waals surface area contributed by atoms with Gasteiger partial charge in [-0.05, 0) is 12.8 Å². The van der Waals surface area contributed by atoms with Gasteiger partial charge in [-0.1, -0.05) is 39.5 Å². The molecule has 0 aromatic rings. The topological polar surface area (TPSA) is 35.5 Å². The molecular weight excluding hydrogens is 180 g/mol. The van der Waals surface area contributed by atoms with Gasteiger partial charge in [0.1, 0.15) is 0 Å². The summed E-state index contributed by atoms with van der Waals surface area (Å²) in [5.41, 5.74) is 0. The Kier molecular flexibility index (Phi) is 10.1. The van der Waals surface area contributed by atoms with E-state index in [1.165, 1.54) is 12.8 Å². The normalized spacial score (nSPS) is 10.1. The molecule has 0 amide bonds. The van der Waals surface area contributed by atoms with Crippen molar-refractivity contribution in [1.82, 2.24) is 0 Å². The van der Waals surface area contributed by atoms with Crippen LogP contribution in [0.2, 0.25) is 0 Å². The minimum atomic E-state index is -0.248. The molecule has 0 bridgehead atoms. The standard InChI is InChI=1S/C11H22O3/c1-3-5-7-8-10-13-14-11(12)9-6-4-2/h3-10H2,1-2H3. The van der Waals surface area contributed by atoms with Crippen molar-refractivity contribution in [2.24, 2.45) is 0 Å². The van der Waals surface area contributed by atoms with Crippen LogP contribution in [0.3, 0.4) is 0 Å². The Bertz CT molecular complexity index is 134. The van der Waals surface area contributed by atoms with E-state index in [2.05, 4.69) is 11.8 Å². The van der Waals surface area contributed by atoms with Gasteiger partial charge in [0.05, 0.1) is 6.61 Å². The first kappa shape index (κ1) is 13.4. The summed E-state index contributed by atoms with van der Waals surface area (Å²) < 4.78 is 0. The number of carbonyl (C=O) groups excluding carboxylic acids is 1. The third-order valence-electron chi connectivity index (χ3n) is 1.97. The molecule has 0 aliphatic carbocycles. The fourth-order valence-electron chi connectivity index (χ4n) is 1.06. The summed E-state index contributed by atoms with van der Waals surface area (Å²) in [5, 5.41) is 0. The highest BCUT2D eigenvalue weighted by atomic mass is 17.2. The summed E-state index contributed by atoms with van der Waals surface area (Å²) in [7, 11) is 0. The first-order valence-corrected chi connectivity index (χ1v) is 5.63. The van der Waals surface area contributed by atoms with Crippen molar-refractivity contribution >= 4 is 5.97 Å². The number of carbonyl (C=O) groups is 1. The quantitative estimate of drug-likeness (QED) is 0.327. The SMILES string of the molecule is CCCCCCOOC(=O)CCCC. The fraction of sp³-hybridized carbons (Fsp3) is 0.909. The van der Waals surface area contributed by atoms with Crippen molar-refractivity contribution in [3.63, 3.8) is 0 Å². The molecule has 0 aromatic heterocycles. The molecule has 14 heavy (non-hydrogen) atoms. The lowest BCUT2D eigenvalue weighted by atomic mass is 10.2. The highest BCUT2D eigenvalue weighted by Crippen LogP contribution is 2.00. The van der Waals surface area contributed by atoms with Crippen molar-refractivity contribution in [3.8, 4) is 0 Å². The Balaban J connectivity index is 3.07. The van der Waals surface area contributed by atoms with Crippen LogP contribution < -0.4 is 0 Å². The smallest absolute Gasteiger partial charge is 0.298 e. The van der Waals surface area contributed by atoms with Crippen LogP contribution in [0.25, 0.3) is 0 Å². The molecule has 0 radical (unpaired) electrons. The van der Waals surface area contributed by atoms with E-state index in [0.29, 0.717) is 13.0 Å². The second-order valence-corrected chi connectivity index (χ2v) is 3.44. The van der Waals surface area contributed by atoms with Crippen molar-refractivity contribution in [2.45, 2.75) is 58.8 Å². The van der Waals surface area contributed by atoms with Crippen LogP contribution in [0.1, 0.15) is 58.8 Å². The van der Waals surface area contributed by atoms with E-state index in [4.69, 9.17) is 4.89 Å². The Morgan fingerprint density at radius 3 is 2.36 bits per heavy atom. The maximum Gasteiger partial charge on any atom is 0.342 e. The summed E-state index contributed by atoms with van der Waals surface area (Å²) in [5.74, 6) is -0.248. The van der Waals surface area contributed by atoms with E-state index in [1.54, 1.807) is 0 Å². The molecule has 0 atom stereocenters. The molecule has 0 aliphatic heterocycles. The van der Waals surface area contributed by atoms with Gasteiger partial charge in [-0.15, -0.1) is 0 Å². The van der Waals surface area contributed by atoms with E-state index >= 15 is 0 Å². The van der Waals surface area contributed by atoms with Crippen molar-refractivity contribution in [3.05, 3.63) is 0 Å². The molecule has 0 spiro atoms. The first-order chi connectivity index (χ1) is 6.81. The molecule has 0 aromatic carbocycles. The lowest BCUT2D eigenvalue weighted by molar-refractivity contribution is -0.272. The van der Waals surface area contributed by atoms with Gasteiger partial charge < -0.3 is 0 Å². The van der Waals surface area contributed by atoms with Crippen LogP contribution in [0, 0.1) is 0 Å². The van der Waals surface area contributed by atoms with Crippen molar-refractivity contribution < 1.29 is 14.6 Å². The molecule has 0 unspecified atom stereocenters. The van der Waals surface area contributed by atoms with E-state index in [0.717, 1.165) is 25.7 Å². The lowest BCUT2D eigenvalue weighted by Gasteiger charge is -2.02. The summed E-state index contributed by atoms with van der Waals surface area (Å²) in [6, 6.07) is 0. The minimum absolute atomic E-state index is 0.248. The van der Waals surface area contributed by atoms with Crippen molar-refractivity contribution in [2.75, 3.05) is 6.61 Å². The third-order valence-corrected chi connectivity index (χ3v) is 1.97. The average Bonchev–Trinajstić information content (AvgIpc) is 2.20. The summed E-state index contributed by atoms with van der Waals surface area (Å²) in [6.07, 6.45) is 6.87. The molecule has 84 valence electrons.